The van der Waals surface area contributed by atoms with Crippen LogP contribution in [0.1, 0.15) is 30.2 Å². The molecule has 1 aromatic carbocycles. The van der Waals surface area contributed by atoms with Gasteiger partial charge in [0.15, 0.2) is 10.1 Å². The average molecular weight is 380 g/mol. The van der Waals surface area contributed by atoms with Crippen molar-refractivity contribution in [1.29, 1.82) is 0 Å². The summed E-state index contributed by atoms with van der Waals surface area (Å²) in [5.74, 6) is -0.635. The lowest BCUT2D eigenvalue weighted by Gasteiger charge is -2.30. The Bertz CT molecular complexity index is 719. The standard InChI is InChI=1S/C18H21NO4S2/c1-17(22-10-11-23-17)13-2-4-14(5-3-13)24-16-19-12-15(25-16)18(20)6-8-21-9-7-18/h2-5,12,20H,6-11H2,1H3. The van der Waals surface area contributed by atoms with Gasteiger partial charge >= 0.3 is 0 Å². The quantitative estimate of drug-likeness (QED) is 0.877. The molecule has 2 aliphatic heterocycles. The van der Waals surface area contributed by atoms with Gasteiger partial charge in [-0.3, -0.25) is 0 Å². The fourth-order valence-corrected chi connectivity index (χ4v) is 5.18. The maximum Gasteiger partial charge on any atom is 0.192 e. The molecule has 0 spiro atoms. The Morgan fingerprint density at radius 1 is 1.08 bits per heavy atom. The molecule has 2 aliphatic rings. The molecule has 1 aromatic heterocycles. The first-order valence-electron chi connectivity index (χ1n) is 8.40. The van der Waals surface area contributed by atoms with Crippen molar-refractivity contribution in [2.75, 3.05) is 26.4 Å². The van der Waals surface area contributed by atoms with Crippen LogP contribution >= 0.6 is 23.1 Å². The van der Waals surface area contributed by atoms with Gasteiger partial charge in [-0.25, -0.2) is 4.98 Å². The van der Waals surface area contributed by atoms with Gasteiger partial charge in [-0.2, -0.15) is 0 Å². The van der Waals surface area contributed by atoms with Crippen LogP contribution < -0.4 is 0 Å². The second-order valence-corrected chi connectivity index (χ2v) is 8.75. The average Bonchev–Trinajstić information content (AvgIpc) is 3.27. The van der Waals surface area contributed by atoms with Crippen LogP contribution in [0.4, 0.5) is 0 Å². The minimum absolute atomic E-state index is 0.598. The zero-order chi connectivity index (χ0) is 17.3. The van der Waals surface area contributed by atoms with E-state index in [-0.39, 0.29) is 0 Å². The van der Waals surface area contributed by atoms with Gasteiger partial charge in [-0.15, -0.1) is 11.3 Å². The van der Waals surface area contributed by atoms with Crippen molar-refractivity contribution in [2.45, 2.75) is 40.4 Å². The molecule has 3 heterocycles. The Morgan fingerprint density at radius 2 is 1.76 bits per heavy atom. The predicted octanol–water partition coefficient (Wildman–Crippen LogP) is 3.51. The summed E-state index contributed by atoms with van der Waals surface area (Å²) in [5, 5.41) is 10.8. The van der Waals surface area contributed by atoms with E-state index in [1.54, 1.807) is 29.3 Å². The Kier molecular flexibility index (Phi) is 4.87. The smallest absolute Gasteiger partial charge is 0.192 e. The number of benzene rings is 1. The lowest BCUT2D eigenvalue weighted by Crippen LogP contribution is -2.32. The van der Waals surface area contributed by atoms with Gasteiger partial charge in [0.05, 0.1) is 18.1 Å². The lowest BCUT2D eigenvalue weighted by molar-refractivity contribution is -0.149. The highest BCUT2D eigenvalue weighted by molar-refractivity contribution is 8.01. The first kappa shape index (κ1) is 17.5. The van der Waals surface area contributed by atoms with E-state index in [1.165, 1.54) is 0 Å². The summed E-state index contributed by atoms with van der Waals surface area (Å²) < 4.78 is 17.7. The summed E-state index contributed by atoms with van der Waals surface area (Å²) in [6.45, 7) is 4.40. The maximum absolute atomic E-state index is 10.8. The van der Waals surface area contributed by atoms with Crippen LogP contribution in [0.3, 0.4) is 0 Å². The molecule has 4 rings (SSSR count). The van der Waals surface area contributed by atoms with E-state index in [0.29, 0.717) is 39.3 Å². The third kappa shape index (κ3) is 3.63. The zero-order valence-electron chi connectivity index (χ0n) is 14.1. The number of aliphatic hydroxyl groups is 1. The van der Waals surface area contributed by atoms with Crippen molar-refractivity contribution in [1.82, 2.24) is 4.98 Å². The Hall–Kier alpha value is -0.960. The molecule has 1 N–H and O–H groups in total. The van der Waals surface area contributed by atoms with Gasteiger partial charge in [-0.1, -0.05) is 23.9 Å². The molecule has 0 bridgehead atoms. The van der Waals surface area contributed by atoms with E-state index in [1.807, 2.05) is 19.1 Å². The van der Waals surface area contributed by atoms with Crippen LogP contribution in [-0.4, -0.2) is 36.5 Å². The van der Waals surface area contributed by atoms with Gasteiger partial charge in [0.25, 0.3) is 0 Å². The SMILES string of the molecule is CC1(c2ccc(Sc3ncc(C4(O)CCOCC4)s3)cc2)OCCO1. The summed E-state index contributed by atoms with van der Waals surface area (Å²) in [4.78, 5) is 6.50. The van der Waals surface area contributed by atoms with Crippen molar-refractivity contribution in [3.8, 4) is 0 Å². The normalized spacial score (nSPS) is 22.2. The van der Waals surface area contributed by atoms with Crippen molar-refractivity contribution in [3.05, 3.63) is 40.9 Å². The molecule has 0 unspecified atom stereocenters. The van der Waals surface area contributed by atoms with E-state index in [4.69, 9.17) is 14.2 Å². The minimum atomic E-state index is -0.787. The van der Waals surface area contributed by atoms with Gasteiger partial charge in [0, 0.05) is 42.7 Å². The van der Waals surface area contributed by atoms with Gasteiger partial charge in [-0.05, 0) is 19.1 Å². The van der Waals surface area contributed by atoms with Crippen LogP contribution in [0.2, 0.25) is 0 Å². The topological polar surface area (TPSA) is 60.8 Å². The van der Waals surface area contributed by atoms with E-state index < -0.39 is 11.4 Å². The molecule has 0 amide bonds. The molecule has 25 heavy (non-hydrogen) atoms. The Labute approximate surface area is 155 Å². The fourth-order valence-electron chi connectivity index (χ4n) is 3.08. The molecule has 5 nitrogen and oxygen atoms in total. The second kappa shape index (κ2) is 6.98. The first-order valence-corrected chi connectivity index (χ1v) is 10.0. The number of hydrogen-bond acceptors (Lipinski definition) is 7. The summed E-state index contributed by atoms with van der Waals surface area (Å²) >= 11 is 3.16. The van der Waals surface area contributed by atoms with Crippen molar-refractivity contribution < 1.29 is 19.3 Å². The van der Waals surface area contributed by atoms with Crippen LogP contribution in [0.15, 0.2) is 39.7 Å². The third-order valence-corrected chi connectivity index (χ3v) is 6.96. The number of thiazole rings is 1. The molecule has 0 atom stereocenters. The van der Waals surface area contributed by atoms with E-state index >= 15 is 0 Å². The van der Waals surface area contributed by atoms with Crippen molar-refractivity contribution in [3.63, 3.8) is 0 Å². The highest BCUT2D eigenvalue weighted by Crippen LogP contribution is 2.40. The highest BCUT2D eigenvalue weighted by atomic mass is 32.2. The van der Waals surface area contributed by atoms with E-state index in [0.717, 1.165) is 19.7 Å². The summed E-state index contributed by atoms with van der Waals surface area (Å²) in [7, 11) is 0. The molecule has 134 valence electrons. The molecule has 7 heteroatoms. The van der Waals surface area contributed by atoms with Crippen LogP contribution in [0.25, 0.3) is 0 Å². The van der Waals surface area contributed by atoms with Crippen molar-refractivity contribution >= 4 is 23.1 Å². The number of nitrogens with zero attached hydrogens (tertiary/aromatic N) is 1. The fraction of sp³-hybridized carbons (Fsp3) is 0.500. The number of ether oxygens (including phenoxy) is 3. The molecule has 2 fully saturated rings. The summed E-state index contributed by atoms with van der Waals surface area (Å²) in [6.07, 6.45) is 3.06. The Balaban J connectivity index is 1.46. The molecular weight excluding hydrogens is 358 g/mol. The second-order valence-electron chi connectivity index (χ2n) is 6.40. The van der Waals surface area contributed by atoms with Crippen LogP contribution in [-0.2, 0) is 25.6 Å². The maximum atomic E-state index is 10.8. The lowest BCUT2D eigenvalue weighted by atomic mass is 9.93. The van der Waals surface area contributed by atoms with Crippen molar-refractivity contribution in [2.24, 2.45) is 0 Å². The van der Waals surface area contributed by atoms with Gasteiger partial charge < -0.3 is 19.3 Å². The number of aromatic nitrogens is 1. The number of hydrogen-bond donors (Lipinski definition) is 1. The number of rotatable bonds is 4. The minimum Gasteiger partial charge on any atom is -0.384 e. The van der Waals surface area contributed by atoms with Gasteiger partial charge in [0.2, 0.25) is 0 Å². The highest BCUT2D eigenvalue weighted by Gasteiger charge is 2.34. The molecule has 0 saturated carbocycles. The monoisotopic (exact) mass is 379 g/mol. The molecule has 0 aliphatic carbocycles. The predicted molar refractivity (Wildman–Crippen MR) is 95.9 cm³/mol. The molecule has 2 aromatic rings. The van der Waals surface area contributed by atoms with E-state index in [2.05, 4.69) is 17.1 Å². The van der Waals surface area contributed by atoms with Crippen LogP contribution in [0, 0.1) is 0 Å². The zero-order valence-corrected chi connectivity index (χ0v) is 15.7. The largest absolute Gasteiger partial charge is 0.384 e. The Morgan fingerprint density at radius 3 is 2.44 bits per heavy atom. The first-order chi connectivity index (χ1) is 12.1. The molecule has 0 radical (unpaired) electrons. The summed E-state index contributed by atoms with van der Waals surface area (Å²) in [5.41, 5.74) is 0.232. The molecule has 2 saturated heterocycles. The van der Waals surface area contributed by atoms with E-state index in [9.17, 15) is 5.11 Å². The third-order valence-electron chi connectivity index (χ3n) is 4.69. The van der Waals surface area contributed by atoms with Crippen LogP contribution in [0.5, 0.6) is 0 Å². The summed E-state index contributed by atoms with van der Waals surface area (Å²) in [6, 6.07) is 8.18. The van der Waals surface area contributed by atoms with Gasteiger partial charge in [0.1, 0.15) is 5.60 Å². The molecular formula is C18H21NO4S2.